The molecule has 0 atom stereocenters. The molecule has 3 heteroatoms. The number of nitrogens with zero attached hydrogens (tertiary/aromatic N) is 2. The zero-order chi connectivity index (χ0) is 34.6. The lowest BCUT2D eigenvalue weighted by molar-refractivity contribution is 0.669. The highest BCUT2D eigenvalue weighted by atomic mass is 16.3. The van der Waals surface area contributed by atoms with Crippen molar-refractivity contribution in [1.82, 2.24) is 9.13 Å². The van der Waals surface area contributed by atoms with Crippen molar-refractivity contribution in [3.8, 4) is 33.6 Å². The van der Waals surface area contributed by atoms with Gasteiger partial charge in [-0.25, -0.2) is 0 Å². The SMILES string of the molecule is c1ccc(-n2c3ccccc3c3cc(-c4ccc5c(c4)oc4cc(-c6ccc7c8c6ccc6cccc(c68)n7-c6ccccc6)ccc45)ccc32)cc1. The van der Waals surface area contributed by atoms with Gasteiger partial charge >= 0.3 is 0 Å². The molecule has 0 aliphatic rings. The molecule has 9 aromatic carbocycles. The van der Waals surface area contributed by atoms with Crippen molar-refractivity contribution in [2.24, 2.45) is 0 Å². The summed E-state index contributed by atoms with van der Waals surface area (Å²) in [7, 11) is 0. The molecule has 0 saturated carbocycles. The van der Waals surface area contributed by atoms with E-state index in [4.69, 9.17) is 4.42 Å². The molecule has 0 saturated heterocycles. The molecule has 246 valence electrons. The highest BCUT2D eigenvalue weighted by molar-refractivity contribution is 6.26. The number of hydrogen-bond donors (Lipinski definition) is 0. The first kappa shape index (κ1) is 28.6. The average molecular weight is 675 g/mol. The standard InChI is InChI=1S/C50H30N2O/c1-3-11-35(12-4-1)51-43-16-8-7-15-38(43)42-28-32(21-26-44(42)51)33-19-22-39-40-23-20-34(30-48(40)53-47(39)29-33)37-25-27-46-50-41(37)24-18-31-10-9-17-45(49(31)50)52(46)36-13-5-2-6-14-36/h1-30H. The first-order valence-electron chi connectivity index (χ1n) is 18.2. The van der Waals surface area contributed by atoms with Gasteiger partial charge in [-0.2, -0.15) is 0 Å². The fraction of sp³-hybridized carbons (Fsp3) is 0. The van der Waals surface area contributed by atoms with Gasteiger partial charge in [-0.1, -0.05) is 103 Å². The van der Waals surface area contributed by atoms with Crippen LogP contribution < -0.4 is 0 Å². The number of fused-ring (bicyclic) bond motifs is 6. The Bertz CT molecular complexity index is 3380. The number of para-hydroxylation sites is 3. The number of benzene rings is 9. The molecule has 0 radical (unpaired) electrons. The number of hydrogen-bond acceptors (Lipinski definition) is 1. The molecule has 3 nitrogen and oxygen atoms in total. The number of rotatable bonds is 4. The summed E-state index contributed by atoms with van der Waals surface area (Å²) >= 11 is 0. The molecular weight excluding hydrogens is 645 g/mol. The molecule has 53 heavy (non-hydrogen) atoms. The predicted octanol–water partition coefficient (Wildman–Crippen LogP) is 13.7. The average Bonchev–Trinajstić information content (AvgIpc) is 3.88. The van der Waals surface area contributed by atoms with Gasteiger partial charge in [0.1, 0.15) is 11.2 Å². The van der Waals surface area contributed by atoms with E-state index in [0.717, 1.165) is 33.1 Å². The van der Waals surface area contributed by atoms with Crippen molar-refractivity contribution >= 4 is 76.3 Å². The summed E-state index contributed by atoms with van der Waals surface area (Å²) in [6, 6.07) is 65.9. The van der Waals surface area contributed by atoms with Crippen LogP contribution in [0.25, 0.3) is 110 Å². The maximum atomic E-state index is 6.68. The van der Waals surface area contributed by atoms with Crippen LogP contribution in [-0.4, -0.2) is 9.13 Å². The molecule has 0 aliphatic heterocycles. The van der Waals surface area contributed by atoms with Crippen molar-refractivity contribution in [2.75, 3.05) is 0 Å². The summed E-state index contributed by atoms with van der Waals surface area (Å²) in [4.78, 5) is 0. The molecule has 0 spiro atoms. The van der Waals surface area contributed by atoms with Gasteiger partial charge in [0.05, 0.1) is 22.1 Å². The molecule has 0 aliphatic carbocycles. The van der Waals surface area contributed by atoms with Crippen LogP contribution in [0.1, 0.15) is 0 Å². The van der Waals surface area contributed by atoms with E-state index >= 15 is 0 Å². The minimum Gasteiger partial charge on any atom is -0.456 e. The Hall–Kier alpha value is -7.10. The minimum atomic E-state index is 0.897. The third-order valence-electron chi connectivity index (χ3n) is 11.3. The molecule has 3 heterocycles. The second kappa shape index (κ2) is 10.7. The van der Waals surface area contributed by atoms with Crippen LogP contribution in [0.5, 0.6) is 0 Å². The first-order valence-corrected chi connectivity index (χ1v) is 18.2. The highest BCUT2D eigenvalue weighted by Gasteiger charge is 2.20. The topological polar surface area (TPSA) is 23.0 Å². The lowest BCUT2D eigenvalue weighted by Gasteiger charge is -2.10. The fourth-order valence-electron chi connectivity index (χ4n) is 8.93. The van der Waals surface area contributed by atoms with Crippen molar-refractivity contribution in [2.45, 2.75) is 0 Å². The van der Waals surface area contributed by atoms with Crippen molar-refractivity contribution in [3.05, 3.63) is 182 Å². The summed E-state index contributed by atoms with van der Waals surface area (Å²) < 4.78 is 11.4. The van der Waals surface area contributed by atoms with Crippen LogP contribution >= 0.6 is 0 Å². The summed E-state index contributed by atoms with van der Waals surface area (Å²) in [5, 5.41) is 9.88. The van der Waals surface area contributed by atoms with E-state index in [9.17, 15) is 0 Å². The maximum absolute atomic E-state index is 6.68. The quantitative estimate of drug-likeness (QED) is 0.170. The summed E-state index contributed by atoms with van der Waals surface area (Å²) in [5.74, 6) is 0. The monoisotopic (exact) mass is 674 g/mol. The van der Waals surface area contributed by atoms with Crippen LogP contribution in [0.2, 0.25) is 0 Å². The Kier molecular flexibility index (Phi) is 5.77. The summed E-state index contributed by atoms with van der Waals surface area (Å²) in [6.07, 6.45) is 0. The Balaban J connectivity index is 0.987. The lowest BCUT2D eigenvalue weighted by Crippen LogP contribution is -1.92. The maximum Gasteiger partial charge on any atom is 0.136 e. The molecule has 0 N–H and O–H groups in total. The van der Waals surface area contributed by atoms with Gasteiger partial charge in [-0.15, -0.1) is 0 Å². The van der Waals surface area contributed by atoms with E-state index in [2.05, 4.69) is 191 Å². The van der Waals surface area contributed by atoms with Crippen molar-refractivity contribution in [1.29, 1.82) is 0 Å². The summed E-state index contributed by atoms with van der Waals surface area (Å²) in [6.45, 7) is 0. The normalized spacial score (nSPS) is 12.2. The Labute approximate surface area is 304 Å². The minimum absolute atomic E-state index is 0.897. The molecule has 0 amide bonds. The van der Waals surface area contributed by atoms with E-state index in [-0.39, 0.29) is 0 Å². The molecule has 0 fully saturated rings. The van der Waals surface area contributed by atoms with Gasteiger partial charge in [0.2, 0.25) is 0 Å². The van der Waals surface area contributed by atoms with Crippen LogP contribution in [-0.2, 0) is 0 Å². The van der Waals surface area contributed by atoms with E-state index in [1.165, 1.54) is 76.9 Å². The number of furan rings is 1. The first-order chi connectivity index (χ1) is 26.3. The largest absolute Gasteiger partial charge is 0.456 e. The second-order valence-electron chi connectivity index (χ2n) is 14.1. The predicted molar refractivity (Wildman–Crippen MR) is 222 cm³/mol. The third kappa shape index (κ3) is 4.05. The molecule has 0 bridgehead atoms. The zero-order valence-electron chi connectivity index (χ0n) is 28.6. The second-order valence-corrected chi connectivity index (χ2v) is 14.1. The third-order valence-corrected chi connectivity index (χ3v) is 11.3. The van der Waals surface area contributed by atoms with Crippen LogP contribution in [0.15, 0.2) is 186 Å². The van der Waals surface area contributed by atoms with Crippen molar-refractivity contribution < 1.29 is 4.42 Å². The molecule has 12 aromatic rings. The van der Waals surface area contributed by atoms with E-state index in [1.807, 2.05) is 0 Å². The van der Waals surface area contributed by atoms with Gasteiger partial charge in [0, 0.05) is 43.7 Å². The molecule has 0 unspecified atom stereocenters. The number of aromatic nitrogens is 2. The van der Waals surface area contributed by atoms with Gasteiger partial charge < -0.3 is 13.6 Å². The molecule has 3 aromatic heterocycles. The highest BCUT2D eigenvalue weighted by Crippen LogP contribution is 2.44. The van der Waals surface area contributed by atoms with Crippen LogP contribution in [0, 0.1) is 0 Å². The summed E-state index contributed by atoms with van der Waals surface area (Å²) in [5.41, 5.74) is 13.7. The van der Waals surface area contributed by atoms with E-state index < -0.39 is 0 Å². The molecule has 12 rings (SSSR count). The smallest absolute Gasteiger partial charge is 0.136 e. The fourth-order valence-corrected chi connectivity index (χ4v) is 8.93. The van der Waals surface area contributed by atoms with E-state index in [0.29, 0.717) is 0 Å². The van der Waals surface area contributed by atoms with Crippen LogP contribution in [0.4, 0.5) is 0 Å². The van der Waals surface area contributed by atoms with Crippen molar-refractivity contribution in [3.63, 3.8) is 0 Å². The van der Waals surface area contributed by atoms with Crippen LogP contribution in [0.3, 0.4) is 0 Å². The zero-order valence-corrected chi connectivity index (χ0v) is 28.6. The van der Waals surface area contributed by atoms with Gasteiger partial charge in [0.25, 0.3) is 0 Å². The Morgan fingerprint density at radius 3 is 1.68 bits per heavy atom. The Morgan fingerprint density at radius 2 is 0.887 bits per heavy atom. The van der Waals surface area contributed by atoms with E-state index in [1.54, 1.807) is 0 Å². The van der Waals surface area contributed by atoms with Gasteiger partial charge in [-0.3, -0.25) is 0 Å². The molecular formula is C50H30N2O. The Morgan fingerprint density at radius 1 is 0.321 bits per heavy atom. The van der Waals surface area contributed by atoms with Gasteiger partial charge in [-0.05, 0) is 112 Å². The lowest BCUT2D eigenvalue weighted by atomic mass is 9.94. The van der Waals surface area contributed by atoms with Gasteiger partial charge in [0.15, 0.2) is 0 Å².